The van der Waals surface area contributed by atoms with E-state index in [0.29, 0.717) is 18.6 Å². The van der Waals surface area contributed by atoms with Crippen molar-refractivity contribution in [2.75, 3.05) is 27.4 Å². The van der Waals surface area contributed by atoms with E-state index in [1.54, 1.807) is 27.3 Å². The van der Waals surface area contributed by atoms with E-state index in [1.807, 2.05) is 66.7 Å². The van der Waals surface area contributed by atoms with Crippen LogP contribution in [0, 0.1) is 6.92 Å². The summed E-state index contributed by atoms with van der Waals surface area (Å²) in [6.45, 7) is 4.66. The van der Waals surface area contributed by atoms with Crippen LogP contribution in [-0.2, 0) is 19.8 Å². The van der Waals surface area contributed by atoms with Gasteiger partial charge in [-0.05, 0) is 54.3 Å². The highest BCUT2D eigenvalue weighted by molar-refractivity contribution is 5.49. The van der Waals surface area contributed by atoms with Gasteiger partial charge in [-0.15, -0.1) is 0 Å². The Morgan fingerprint density at radius 3 is 1.96 bits per heavy atom. The molecule has 9 nitrogen and oxygen atoms in total. The van der Waals surface area contributed by atoms with E-state index in [-0.39, 0.29) is 12.7 Å². The minimum Gasteiger partial charge on any atom is -0.497 e. The number of H-pyrrole nitrogens is 1. The summed E-state index contributed by atoms with van der Waals surface area (Å²) in [6.07, 6.45) is 8.83. The van der Waals surface area contributed by atoms with E-state index < -0.39 is 29.2 Å². The number of aryl methyl sites for hydroxylation is 1. The minimum atomic E-state index is -1.03. The van der Waals surface area contributed by atoms with Gasteiger partial charge in [-0.1, -0.05) is 100 Å². The van der Waals surface area contributed by atoms with Crippen molar-refractivity contribution in [3.63, 3.8) is 0 Å². The van der Waals surface area contributed by atoms with Crippen molar-refractivity contribution in [3.05, 3.63) is 128 Å². The molecule has 3 aromatic carbocycles. The highest BCUT2D eigenvalue weighted by atomic mass is 16.6. The van der Waals surface area contributed by atoms with E-state index in [2.05, 4.69) is 24.0 Å². The third-order valence-corrected chi connectivity index (χ3v) is 9.35. The fourth-order valence-electron chi connectivity index (χ4n) is 6.57. The second kappa shape index (κ2) is 17.5. The number of methoxy groups -OCH3 is 2. The second-order valence-corrected chi connectivity index (χ2v) is 12.7. The number of aromatic nitrogens is 2. The van der Waals surface area contributed by atoms with Crippen LogP contribution in [0.25, 0.3) is 0 Å². The molecule has 0 amide bonds. The molecule has 1 saturated heterocycles. The maximum atomic E-state index is 12.9. The molecule has 262 valence electrons. The van der Waals surface area contributed by atoms with Gasteiger partial charge in [0.1, 0.15) is 29.4 Å². The zero-order valence-corrected chi connectivity index (χ0v) is 29.2. The lowest BCUT2D eigenvalue weighted by Crippen LogP contribution is -2.38. The number of unbranched alkanes of at least 4 members (excludes halogenated alkanes) is 6. The molecule has 0 saturated carbocycles. The van der Waals surface area contributed by atoms with Gasteiger partial charge in [-0.3, -0.25) is 14.3 Å². The summed E-state index contributed by atoms with van der Waals surface area (Å²) in [5.74, 6) is 1.48. The standard InChI is InChI=1S/C40H50N2O7/c1-5-6-7-8-9-10-14-25-47-35-26-37(42-27-29(2)38(43)41-39(42)44)49-36(35)28-48-40(30-15-12-11-13-16-30,31-17-21-33(45-3)22-18-31)32-19-23-34(46-4)24-20-32/h11-13,15-24,27,35-37H,5-10,14,25-26,28H2,1-4H3,(H,41,43,44)/t35-,36+,37+/m0/s1. The Labute approximate surface area is 289 Å². The number of hydrogen-bond acceptors (Lipinski definition) is 7. The van der Waals surface area contributed by atoms with E-state index in [1.165, 1.54) is 36.7 Å². The van der Waals surface area contributed by atoms with Gasteiger partial charge in [-0.25, -0.2) is 4.79 Å². The molecule has 49 heavy (non-hydrogen) atoms. The predicted molar refractivity (Wildman–Crippen MR) is 191 cm³/mol. The lowest BCUT2D eigenvalue weighted by Gasteiger charge is -2.37. The minimum absolute atomic E-state index is 0.169. The quantitative estimate of drug-likeness (QED) is 0.0876. The van der Waals surface area contributed by atoms with Crippen molar-refractivity contribution in [1.29, 1.82) is 0 Å². The van der Waals surface area contributed by atoms with Crippen LogP contribution in [0.2, 0.25) is 0 Å². The summed E-state index contributed by atoms with van der Waals surface area (Å²) >= 11 is 0. The van der Waals surface area contributed by atoms with Crippen LogP contribution in [0.1, 0.15) is 86.8 Å². The van der Waals surface area contributed by atoms with Crippen LogP contribution in [0.5, 0.6) is 11.5 Å². The molecule has 1 fully saturated rings. The zero-order valence-electron chi connectivity index (χ0n) is 29.2. The maximum Gasteiger partial charge on any atom is 0.330 e. The number of benzene rings is 3. The topological polar surface area (TPSA) is 101 Å². The molecule has 1 N–H and O–H groups in total. The van der Waals surface area contributed by atoms with Crippen molar-refractivity contribution in [3.8, 4) is 11.5 Å². The maximum absolute atomic E-state index is 12.9. The fourth-order valence-corrected chi connectivity index (χ4v) is 6.57. The van der Waals surface area contributed by atoms with E-state index in [4.69, 9.17) is 23.7 Å². The fraction of sp³-hybridized carbons (Fsp3) is 0.450. The zero-order chi connectivity index (χ0) is 34.6. The van der Waals surface area contributed by atoms with Gasteiger partial charge >= 0.3 is 5.69 Å². The van der Waals surface area contributed by atoms with E-state index >= 15 is 0 Å². The predicted octanol–water partition coefficient (Wildman–Crippen LogP) is 7.29. The first-order valence-electron chi connectivity index (χ1n) is 17.5. The van der Waals surface area contributed by atoms with Crippen LogP contribution in [-0.4, -0.2) is 49.2 Å². The molecular weight excluding hydrogens is 620 g/mol. The van der Waals surface area contributed by atoms with Gasteiger partial charge < -0.3 is 23.7 Å². The number of rotatable bonds is 18. The SMILES string of the molecule is CCCCCCCCCO[C@H]1C[C@H](n2cc(C)c(=O)[nH]c2=O)O[C@@H]1COC(c1ccccc1)(c1ccc(OC)cc1)c1ccc(OC)cc1. The normalized spacial score (nSPS) is 17.7. The van der Waals surface area contributed by atoms with Gasteiger partial charge in [0.05, 0.1) is 26.9 Å². The molecule has 0 radical (unpaired) electrons. The number of nitrogens with one attached hydrogen (secondary N) is 1. The number of ether oxygens (including phenoxy) is 5. The first kappa shape index (κ1) is 36.1. The molecule has 2 heterocycles. The van der Waals surface area contributed by atoms with E-state index in [9.17, 15) is 9.59 Å². The Hall–Kier alpha value is -4.18. The molecule has 3 atom stereocenters. The van der Waals surface area contributed by atoms with Crippen molar-refractivity contribution >= 4 is 0 Å². The van der Waals surface area contributed by atoms with Crippen molar-refractivity contribution in [2.45, 2.75) is 89.3 Å². The smallest absolute Gasteiger partial charge is 0.330 e. The largest absolute Gasteiger partial charge is 0.497 e. The molecule has 5 rings (SSSR count). The lowest BCUT2D eigenvalue weighted by atomic mass is 9.80. The Balaban J connectivity index is 1.46. The van der Waals surface area contributed by atoms with Crippen molar-refractivity contribution in [1.82, 2.24) is 9.55 Å². The number of aromatic amines is 1. The number of nitrogens with zero attached hydrogens (tertiary/aromatic N) is 1. The summed E-state index contributed by atoms with van der Waals surface area (Å²) in [7, 11) is 3.30. The van der Waals surface area contributed by atoms with Gasteiger partial charge in [0, 0.05) is 24.8 Å². The average molecular weight is 671 g/mol. The Morgan fingerprint density at radius 1 is 0.796 bits per heavy atom. The molecular formula is C40H50N2O7. The first-order valence-corrected chi connectivity index (χ1v) is 17.5. The van der Waals surface area contributed by atoms with E-state index in [0.717, 1.165) is 41.0 Å². The molecule has 4 aromatic rings. The van der Waals surface area contributed by atoms with Gasteiger partial charge in [-0.2, -0.15) is 0 Å². The van der Waals surface area contributed by atoms with Crippen LogP contribution in [0.4, 0.5) is 0 Å². The van der Waals surface area contributed by atoms with Gasteiger partial charge in [0.15, 0.2) is 0 Å². The Morgan fingerprint density at radius 2 is 1.37 bits per heavy atom. The summed E-state index contributed by atoms with van der Waals surface area (Å²) in [4.78, 5) is 27.5. The Kier molecular flexibility index (Phi) is 12.9. The van der Waals surface area contributed by atoms with Gasteiger partial charge in [0.2, 0.25) is 0 Å². The third kappa shape index (κ3) is 8.71. The highest BCUT2D eigenvalue weighted by Crippen LogP contribution is 2.43. The van der Waals surface area contributed by atoms with Gasteiger partial charge in [0.25, 0.3) is 5.56 Å². The lowest BCUT2D eigenvalue weighted by molar-refractivity contribution is -0.104. The summed E-state index contributed by atoms with van der Waals surface area (Å²) in [5, 5.41) is 0. The number of hydrogen-bond donors (Lipinski definition) is 1. The van der Waals surface area contributed by atoms with Crippen molar-refractivity contribution < 1.29 is 23.7 Å². The van der Waals surface area contributed by atoms with Crippen molar-refractivity contribution in [2.24, 2.45) is 0 Å². The van der Waals surface area contributed by atoms with Crippen LogP contribution >= 0.6 is 0 Å². The molecule has 1 aliphatic heterocycles. The monoisotopic (exact) mass is 670 g/mol. The second-order valence-electron chi connectivity index (χ2n) is 12.7. The Bertz CT molecular complexity index is 1650. The molecule has 0 aliphatic carbocycles. The molecule has 0 spiro atoms. The average Bonchev–Trinajstić information content (AvgIpc) is 3.54. The van der Waals surface area contributed by atoms with Crippen LogP contribution < -0.4 is 20.7 Å². The third-order valence-electron chi connectivity index (χ3n) is 9.35. The molecule has 0 bridgehead atoms. The first-order chi connectivity index (χ1) is 23.9. The van der Waals surface area contributed by atoms with Crippen LogP contribution in [0.3, 0.4) is 0 Å². The molecule has 1 aliphatic rings. The molecule has 0 unspecified atom stereocenters. The molecule has 1 aromatic heterocycles. The highest BCUT2D eigenvalue weighted by Gasteiger charge is 2.43. The molecule has 9 heteroatoms. The summed E-state index contributed by atoms with van der Waals surface area (Å²) in [6, 6.07) is 25.9. The summed E-state index contributed by atoms with van der Waals surface area (Å²) < 4.78 is 32.7. The van der Waals surface area contributed by atoms with Crippen LogP contribution in [0.15, 0.2) is 94.6 Å². The summed E-state index contributed by atoms with van der Waals surface area (Å²) in [5.41, 5.74) is 1.24.